The summed E-state index contributed by atoms with van der Waals surface area (Å²) in [6, 6.07) is 15.9. The first-order valence-electron chi connectivity index (χ1n) is 10.1. The van der Waals surface area contributed by atoms with Gasteiger partial charge < -0.3 is 20.7 Å². The Morgan fingerprint density at radius 3 is 2.30 bits per heavy atom. The summed E-state index contributed by atoms with van der Waals surface area (Å²) in [6.45, 7) is 1.26. The van der Waals surface area contributed by atoms with Crippen LogP contribution >= 0.6 is 24.0 Å². The first kappa shape index (κ1) is 24.0. The molecule has 0 atom stereocenters. The van der Waals surface area contributed by atoms with E-state index in [-0.39, 0.29) is 35.8 Å². The molecule has 162 valence electrons. The Kier molecular flexibility index (Phi) is 9.93. The summed E-state index contributed by atoms with van der Waals surface area (Å²) in [5.74, 6) is 1.86. The predicted octanol–water partition coefficient (Wildman–Crippen LogP) is 4.31. The van der Waals surface area contributed by atoms with Crippen molar-refractivity contribution in [3.8, 4) is 5.75 Å². The van der Waals surface area contributed by atoms with Crippen molar-refractivity contribution in [1.29, 1.82) is 0 Å². The molecule has 0 aliphatic heterocycles. The van der Waals surface area contributed by atoms with Crippen molar-refractivity contribution in [3.63, 3.8) is 0 Å². The summed E-state index contributed by atoms with van der Waals surface area (Å²) >= 11 is 0. The van der Waals surface area contributed by atoms with Gasteiger partial charge in [0.05, 0.1) is 7.11 Å². The number of nitrogens with one attached hydrogen (secondary N) is 3. The first-order chi connectivity index (χ1) is 14.2. The van der Waals surface area contributed by atoms with Gasteiger partial charge in [0.1, 0.15) is 5.75 Å². The predicted molar refractivity (Wildman–Crippen MR) is 132 cm³/mol. The molecule has 1 fully saturated rings. The van der Waals surface area contributed by atoms with E-state index in [9.17, 15) is 4.79 Å². The van der Waals surface area contributed by atoms with Crippen LogP contribution < -0.4 is 20.7 Å². The van der Waals surface area contributed by atoms with Crippen molar-refractivity contribution in [2.24, 2.45) is 10.9 Å². The molecule has 0 radical (unpaired) electrons. The van der Waals surface area contributed by atoms with Crippen LogP contribution in [0.4, 0.5) is 5.69 Å². The summed E-state index contributed by atoms with van der Waals surface area (Å²) in [7, 11) is 3.41. The molecule has 1 aliphatic carbocycles. The number of benzene rings is 2. The van der Waals surface area contributed by atoms with E-state index < -0.39 is 0 Å². The van der Waals surface area contributed by atoms with Gasteiger partial charge in [0, 0.05) is 31.7 Å². The number of amides is 1. The molecule has 3 N–H and O–H groups in total. The standard InChI is InChI=1S/C23H30N4O2.HI/c1-24-23(26-16-18-8-6-12-21(14-18)29-2)25-15-17-7-5-11-20(13-17)27-22(28)19-9-3-4-10-19;/h5-8,11-14,19H,3-4,9-10,15-16H2,1-2H3,(H,27,28)(H2,24,25,26);1H. The summed E-state index contributed by atoms with van der Waals surface area (Å²) in [5.41, 5.74) is 3.04. The second-order valence-corrected chi connectivity index (χ2v) is 7.30. The maximum atomic E-state index is 12.3. The monoisotopic (exact) mass is 522 g/mol. The van der Waals surface area contributed by atoms with Gasteiger partial charge in [-0.05, 0) is 48.2 Å². The minimum Gasteiger partial charge on any atom is -0.497 e. The third-order valence-corrected chi connectivity index (χ3v) is 5.20. The molecule has 0 heterocycles. The Balaban J connectivity index is 0.00000320. The van der Waals surface area contributed by atoms with Crippen molar-refractivity contribution in [1.82, 2.24) is 10.6 Å². The van der Waals surface area contributed by atoms with Crippen LogP contribution in [0.1, 0.15) is 36.8 Å². The molecule has 2 aromatic carbocycles. The fourth-order valence-electron chi connectivity index (χ4n) is 3.57. The van der Waals surface area contributed by atoms with E-state index in [1.165, 1.54) is 0 Å². The number of carbonyl (C=O) groups is 1. The third-order valence-electron chi connectivity index (χ3n) is 5.20. The van der Waals surface area contributed by atoms with Crippen molar-refractivity contribution in [3.05, 3.63) is 59.7 Å². The van der Waals surface area contributed by atoms with Crippen molar-refractivity contribution in [2.75, 3.05) is 19.5 Å². The highest BCUT2D eigenvalue weighted by atomic mass is 127. The molecular formula is C23H31IN4O2. The molecule has 0 spiro atoms. The number of carbonyl (C=O) groups excluding carboxylic acids is 1. The Morgan fingerprint density at radius 1 is 1.03 bits per heavy atom. The molecule has 6 nitrogen and oxygen atoms in total. The highest BCUT2D eigenvalue weighted by Crippen LogP contribution is 2.26. The minimum absolute atomic E-state index is 0. The topological polar surface area (TPSA) is 74.8 Å². The molecule has 3 rings (SSSR count). The van der Waals surface area contributed by atoms with Crippen LogP contribution in [0.25, 0.3) is 0 Å². The molecule has 7 heteroatoms. The number of hydrogen-bond donors (Lipinski definition) is 3. The minimum atomic E-state index is 0. The molecule has 0 aromatic heterocycles. The fourth-order valence-corrected chi connectivity index (χ4v) is 3.57. The molecule has 0 saturated heterocycles. The van der Waals surface area contributed by atoms with Crippen LogP contribution in [-0.4, -0.2) is 26.0 Å². The lowest BCUT2D eigenvalue weighted by atomic mass is 10.1. The van der Waals surface area contributed by atoms with Crippen molar-refractivity contribution < 1.29 is 9.53 Å². The van der Waals surface area contributed by atoms with E-state index in [1.807, 2.05) is 48.5 Å². The summed E-state index contributed by atoms with van der Waals surface area (Å²) < 4.78 is 5.26. The van der Waals surface area contributed by atoms with Crippen LogP contribution in [0.3, 0.4) is 0 Å². The van der Waals surface area contributed by atoms with Crippen LogP contribution in [0, 0.1) is 5.92 Å². The van der Waals surface area contributed by atoms with Crippen LogP contribution in [-0.2, 0) is 17.9 Å². The van der Waals surface area contributed by atoms with Gasteiger partial charge in [0.2, 0.25) is 5.91 Å². The number of aliphatic imine (C=N–C) groups is 1. The maximum Gasteiger partial charge on any atom is 0.227 e. The van der Waals surface area contributed by atoms with Crippen LogP contribution in [0.5, 0.6) is 5.75 Å². The van der Waals surface area contributed by atoms with E-state index in [0.717, 1.165) is 48.2 Å². The average Bonchev–Trinajstić information content (AvgIpc) is 3.29. The van der Waals surface area contributed by atoms with Crippen molar-refractivity contribution in [2.45, 2.75) is 38.8 Å². The van der Waals surface area contributed by atoms with Gasteiger partial charge in [-0.3, -0.25) is 9.79 Å². The first-order valence-corrected chi connectivity index (χ1v) is 10.1. The number of hydrogen-bond acceptors (Lipinski definition) is 3. The van der Waals surface area contributed by atoms with E-state index in [4.69, 9.17) is 4.74 Å². The Hall–Kier alpha value is -2.29. The summed E-state index contributed by atoms with van der Waals surface area (Å²) in [4.78, 5) is 16.6. The number of halogens is 1. The number of ether oxygens (including phenoxy) is 1. The lowest BCUT2D eigenvalue weighted by molar-refractivity contribution is -0.119. The van der Waals surface area contributed by atoms with Crippen LogP contribution in [0.2, 0.25) is 0 Å². The molecule has 0 bridgehead atoms. The second-order valence-electron chi connectivity index (χ2n) is 7.30. The highest BCUT2D eigenvalue weighted by Gasteiger charge is 2.22. The Morgan fingerprint density at radius 2 is 1.67 bits per heavy atom. The number of methoxy groups -OCH3 is 1. The summed E-state index contributed by atoms with van der Waals surface area (Å²) in [5, 5.41) is 9.68. The zero-order valence-electron chi connectivity index (χ0n) is 17.6. The van der Waals surface area contributed by atoms with E-state index in [0.29, 0.717) is 19.0 Å². The van der Waals surface area contributed by atoms with E-state index >= 15 is 0 Å². The van der Waals surface area contributed by atoms with Gasteiger partial charge >= 0.3 is 0 Å². The molecule has 0 unspecified atom stereocenters. The highest BCUT2D eigenvalue weighted by molar-refractivity contribution is 14.0. The lowest BCUT2D eigenvalue weighted by Gasteiger charge is -2.14. The van der Waals surface area contributed by atoms with Crippen LogP contribution in [0.15, 0.2) is 53.5 Å². The fraction of sp³-hybridized carbons (Fsp3) is 0.391. The van der Waals surface area contributed by atoms with Gasteiger partial charge in [0.15, 0.2) is 5.96 Å². The van der Waals surface area contributed by atoms with Crippen molar-refractivity contribution >= 4 is 41.5 Å². The SMILES string of the molecule is CN=C(NCc1cccc(NC(=O)C2CCCC2)c1)NCc1cccc(OC)c1.I. The van der Waals surface area contributed by atoms with Gasteiger partial charge in [-0.1, -0.05) is 37.1 Å². The number of nitrogens with zero attached hydrogens (tertiary/aromatic N) is 1. The Labute approximate surface area is 195 Å². The van der Waals surface area contributed by atoms with Gasteiger partial charge in [-0.15, -0.1) is 24.0 Å². The van der Waals surface area contributed by atoms with Gasteiger partial charge in [-0.2, -0.15) is 0 Å². The molecule has 30 heavy (non-hydrogen) atoms. The molecule has 1 amide bonds. The molecule has 2 aromatic rings. The smallest absolute Gasteiger partial charge is 0.227 e. The zero-order chi connectivity index (χ0) is 20.5. The molecule has 1 aliphatic rings. The second kappa shape index (κ2) is 12.4. The van der Waals surface area contributed by atoms with Gasteiger partial charge in [0.25, 0.3) is 0 Å². The number of guanidine groups is 1. The third kappa shape index (κ3) is 7.19. The quantitative estimate of drug-likeness (QED) is 0.288. The summed E-state index contributed by atoms with van der Waals surface area (Å²) in [6.07, 6.45) is 4.32. The van der Waals surface area contributed by atoms with Gasteiger partial charge in [-0.25, -0.2) is 0 Å². The van der Waals surface area contributed by atoms with E-state index in [2.05, 4.69) is 20.9 Å². The molecule has 1 saturated carbocycles. The molecular weight excluding hydrogens is 491 g/mol. The zero-order valence-corrected chi connectivity index (χ0v) is 19.9. The maximum absolute atomic E-state index is 12.3. The Bertz CT molecular complexity index is 851. The largest absolute Gasteiger partial charge is 0.497 e. The lowest BCUT2D eigenvalue weighted by Crippen LogP contribution is -2.36. The normalized spacial score (nSPS) is 14.0. The number of anilines is 1. The van der Waals surface area contributed by atoms with E-state index in [1.54, 1.807) is 14.2 Å². The average molecular weight is 522 g/mol. The number of rotatable bonds is 7.